The summed E-state index contributed by atoms with van der Waals surface area (Å²) in [5, 5.41) is 4.70. The Labute approximate surface area is 33.2 Å². The van der Waals surface area contributed by atoms with Gasteiger partial charge in [-0.1, -0.05) is 0 Å². The average molecular weight is 86.1 g/mol. The van der Waals surface area contributed by atoms with Crippen molar-refractivity contribution in [2.24, 2.45) is 0 Å². The number of hydrogen-bond donors (Lipinski definition) is 2. The predicted molar refractivity (Wildman–Crippen MR) is 18.0 cm³/mol. The Morgan fingerprint density at radius 2 is 2.67 bits per heavy atom. The van der Waals surface area contributed by atoms with Crippen LogP contribution in [0.4, 0.5) is 0 Å². The first kappa shape index (κ1) is 3.14. The van der Waals surface area contributed by atoms with Crippen LogP contribution in [0.2, 0.25) is 0 Å². The van der Waals surface area contributed by atoms with Crippen LogP contribution in [0.1, 0.15) is 0 Å². The molecule has 0 aliphatic rings. The van der Waals surface area contributed by atoms with E-state index in [2.05, 4.69) is 15.2 Å². The van der Waals surface area contributed by atoms with Crippen molar-refractivity contribution in [2.75, 3.05) is 0 Å². The molecular formula is C2H4N3O+. The molecule has 0 unspecified atom stereocenters. The van der Waals surface area contributed by atoms with Crippen molar-refractivity contribution in [1.29, 1.82) is 0 Å². The summed E-state index contributed by atoms with van der Waals surface area (Å²) < 4.78 is 0. The predicted octanol–water partition coefficient (Wildman–Crippen LogP) is -1.48. The lowest BCUT2D eigenvalue weighted by atomic mass is 11.3. The zero-order valence-electron chi connectivity index (χ0n) is 2.99. The van der Waals surface area contributed by atoms with Gasteiger partial charge in [0, 0.05) is 0 Å². The summed E-state index contributed by atoms with van der Waals surface area (Å²) >= 11 is 0. The fraction of sp³-hybridized carbons (Fsp3) is 0. The van der Waals surface area contributed by atoms with E-state index in [0.717, 1.165) is 0 Å². The van der Waals surface area contributed by atoms with Gasteiger partial charge in [0.2, 0.25) is 0 Å². The molecule has 0 aliphatic carbocycles. The summed E-state index contributed by atoms with van der Waals surface area (Å²) in [6, 6.07) is 0. The Balaban J connectivity index is 3.41. The van der Waals surface area contributed by atoms with E-state index in [4.69, 9.17) is 0 Å². The van der Waals surface area contributed by atoms with E-state index in [1.807, 2.05) is 0 Å². The van der Waals surface area contributed by atoms with Crippen molar-refractivity contribution in [3.63, 3.8) is 0 Å². The molecule has 32 valence electrons. The minimum atomic E-state index is -0.213. The van der Waals surface area contributed by atoms with Crippen LogP contribution in [0.3, 0.4) is 0 Å². The number of rotatable bonds is 0. The lowest BCUT2D eigenvalue weighted by Gasteiger charge is -1.43. The second-order valence-corrected chi connectivity index (χ2v) is 0.887. The SMILES string of the molecule is O=c1[nH]c[nH+][nH]1. The molecule has 1 rings (SSSR count). The first-order valence-electron chi connectivity index (χ1n) is 1.53. The van der Waals surface area contributed by atoms with Gasteiger partial charge in [-0.25, -0.2) is 4.79 Å². The van der Waals surface area contributed by atoms with Gasteiger partial charge < -0.3 is 0 Å². The van der Waals surface area contributed by atoms with Crippen molar-refractivity contribution < 1.29 is 5.10 Å². The number of hydrogen-bond acceptors (Lipinski definition) is 1. The molecule has 0 fully saturated rings. The highest BCUT2D eigenvalue weighted by Gasteiger charge is 1.79. The van der Waals surface area contributed by atoms with Gasteiger partial charge in [-0.2, -0.15) is 15.2 Å². The highest BCUT2D eigenvalue weighted by molar-refractivity contribution is 4.40. The highest BCUT2D eigenvalue weighted by atomic mass is 16.1. The molecule has 0 aromatic carbocycles. The van der Waals surface area contributed by atoms with E-state index >= 15 is 0 Å². The second-order valence-electron chi connectivity index (χ2n) is 0.887. The van der Waals surface area contributed by atoms with Crippen molar-refractivity contribution in [3.8, 4) is 0 Å². The summed E-state index contributed by atoms with van der Waals surface area (Å²) in [7, 11) is 0. The van der Waals surface area contributed by atoms with E-state index < -0.39 is 0 Å². The quantitative estimate of drug-likeness (QED) is 0.397. The van der Waals surface area contributed by atoms with Gasteiger partial charge >= 0.3 is 5.69 Å². The molecule has 0 amide bonds. The molecular weight excluding hydrogens is 82.0 g/mol. The Morgan fingerprint density at radius 1 is 1.83 bits per heavy atom. The fourth-order valence-corrected chi connectivity index (χ4v) is 0.239. The molecule has 0 bridgehead atoms. The Hall–Kier alpha value is -1.06. The van der Waals surface area contributed by atoms with Crippen LogP contribution < -0.4 is 10.8 Å². The van der Waals surface area contributed by atoms with Crippen LogP contribution in [0, 0.1) is 0 Å². The van der Waals surface area contributed by atoms with E-state index in [-0.39, 0.29) is 5.69 Å². The summed E-state index contributed by atoms with van der Waals surface area (Å²) in [6.07, 6.45) is 1.42. The zero-order valence-corrected chi connectivity index (χ0v) is 2.99. The standard InChI is InChI=1S/C2H3N3O/c6-2-3-1-4-5-2/h1H,(H2,3,4,5,6)/p+1. The van der Waals surface area contributed by atoms with E-state index in [1.54, 1.807) is 0 Å². The molecule has 1 aromatic rings. The van der Waals surface area contributed by atoms with Gasteiger partial charge in [-0.3, -0.25) is 0 Å². The lowest BCUT2D eigenvalue weighted by Crippen LogP contribution is -2.08. The third-order valence-electron chi connectivity index (χ3n) is 0.461. The second kappa shape index (κ2) is 0.965. The number of aromatic amines is 3. The third-order valence-corrected chi connectivity index (χ3v) is 0.461. The van der Waals surface area contributed by atoms with Gasteiger partial charge in [-0.05, 0) is 0 Å². The molecule has 4 nitrogen and oxygen atoms in total. The molecule has 0 saturated carbocycles. The van der Waals surface area contributed by atoms with Crippen LogP contribution in [0.25, 0.3) is 0 Å². The summed E-state index contributed by atoms with van der Waals surface area (Å²) in [4.78, 5) is 12.3. The Kier molecular flexibility index (Phi) is 0.506. The minimum absolute atomic E-state index is 0.213. The molecule has 0 spiro atoms. The summed E-state index contributed by atoms with van der Waals surface area (Å²) in [5.74, 6) is 0. The van der Waals surface area contributed by atoms with Crippen molar-refractivity contribution in [2.45, 2.75) is 0 Å². The molecule has 0 atom stereocenters. The van der Waals surface area contributed by atoms with Gasteiger partial charge in [0.15, 0.2) is 0 Å². The van der Waals surface area contributed by atoms with Crippen LogP contribution in [0.15, 0.2) is 11.1 Å². The monoisotopic (exact) mass is 86.0 g/mol. The summed E-state index contributed by atoms with van der Waals surface area (Å²) in [6.45, 7) is 0. The van der Waals surface area contributed by atoms with E-state index in [9.17, 15) is 4.79 Å². The maximum absolute atomic E-state index is 9.93. The molecule has 0 aliphatic heterocycles. The fourth-order valence-electron chi connectivity index (χ4n) is 0.239. The Morgan fingerprint density at radius 3 is 2.83 bits per heavy atom. The van der Waals surface area contributed by atoms with E-state index in [1.165, 1.54) is 6.33 Å². The molecule has 0 saturated heterocycles. The first-order chi connectivity index (χ1) is 2.89. The third kappa shape index (κ3) is 0.314. The van der Waals surface area contributed by atoms with Gasteiger partial charge in [0.05, 0.1) is 0 Å². The molecule has 4 heteroatoms. The number of H-pyrrole nitrogens is 3. The zero-order chi connectivity index (χ0) is 4.41. The first-order valence-corrected chi connectivity index (χ1v) is 1.53. The molecule has 6 heavy (non-hydrogen) atoms. The molecule has 3 N–H and O–H groups in total. The molecule has 0 radical (unpaired) electrons. The topological polar surface area (TPSA) is 62.8 Å². The van der Waals surface area contributed by atoms with Crippen molar-refractivity contribution in [1.82, 2.24) is 10.1 Å². The van der Waals surface area contributed by atoms with Gasteiger partial charge in [-0.15, -0.1) is 0 Å². The Bertz CT molecular complexity index is 147. The summed E-state index contributed by atoms with van der Waals surface area (Å²) in [5.41, 5.74) is -0.213. The highest BCUT2D eigenvalue weighted by Crippen LogP contribution is 1.31. The van der Waals surface area contributed by atoms with Crippen molar-refractivity contribution >= 4 is 0 Å². The van der Waals surface area contributed by atoms with Crippen LogP contribution in [0.5, 0.6) is 0 Å². The number of nitrogens with one attached hydrogen (secondary N) is 3. The molecule has 1 heterocycles. The van der Waals surface area contributed by atoms with Crippen molar-refractivity contribution in [3.05, 3.63) is 16.8 Å². The maximum atomic E-state index is 9.93. The van der Waals surface area contributed by atoms with Crippen LogP contribution in [-0.4, -0.2) is 10.1 Å². The van der Waals surface area contributed by atoms with Gasteiger partial charge in [0.1, 0.15) is 0 Å². The van der Waals surface area contributed by atoms with Crippen LogP contribution in [-0.2, 0) is 0 Å². The van der Waals surface area contributed by atoms with E-state index in [0.29, 0.717) is 0 Å². The largest absolute Gasteiger partial charge is 0.441 e. The minimum Gasteiger partial charge on any atom is -0.217 e. The smallest absolute Gasteiger partial charge is 0.217 e. The van der Waals surface area contributed by atoms with Gasteiger partial charge in [0.25, 0.3) is 6.33 Å². The molecule has 1 aromatic heterocycles. The number of aromatic nitrogens is 3. The van der Waals surface area contributed by atoms with Crippen LogP contribution >= 0.6 is 0 Å². The normalized spacial score (nSPS) is 8.67. The lowest BCUT2D eigenvalue weighted by molar-refractivity contribution is -0.452. The average Bonchev–Trinajstić information content (AvgIpc) is 1.86. The maximum Gasteiger partial charge on any atom is 0.441 e.